The number of thiazole rings is 1. The number of ether oxygens (including phenoxy) is 1. The molecule has 4 rings (SSSR count). The van der Waals surface area contributed by atoms with Crippen LogP contribution in [0.4, 0.5) is 0 Å². The Hall–Kier alpha value is -2.29. The number of benzene rings is 2. The van der Waals surface area contributed by atoms with Gasteiger partial charge < -0.3 is 9.30 Å². The lowest BCUT2D eigenvalue weighted by molar-refractivity contribution is 0.0997. The highest BCUT2D eigenvalue weighted by atomic mass is 32.2. The van der Waals surface area contributed by atoms with E-state index in [2.05, 4.69) is 4.99 Å². The molecule has 2 aromatic carbocycles. The molecular weight excluding hydrogens is 420 g/mol. The zero-order valence-electron chi connectivity index (χ0n) is 17.1. The molecule has 1 aliphatic rings. The Bertz CT molecular complexity index is 1290. The molecule has 3 aromatic rings. The Morgan fingerprint density at radius 2 is 1.90 bits per heavy atom. The minimum atomic E-state index is -3.31. The van der Waals surface area contributed by atoms with Crippen molar-refractivity contribution in [2.24, 2.45) is 4.99 Å². The smallest absolute Gasteiger partial charge is 0.279 e. The molecule has 0 saturated carbocycles. The maximum atomic E-state index is 12.9. The molecule has 0 unspecified atom stereocenters. The molecule has 0 radical (unpaired) electrons. The summed E-state index contributed by atoms with van der Waals surface area (Å²) in [7, 11) is -1.70. The van der Waals surface area contributed by atoms with E-state index in [1.165, 1.54) is 35.1 Å². The van der Waals surface area contributed by atoms with Crippen molar-refractivity contribution >= 4 is 37.3 Å². The molecule has 30 heavy (non-hydrogen) atoms. The van der Waals surface area contributed by atoms with Crippen molar-refractivity contribution in [2.45, 2.75) is 37.1 Å². The number of aryl methyl sites for hydroxylation is 2. The molecule has 0 bridgehead atoms. The van der Waals surface area contributed by atoms with Crippen LogP contribution in [0, 0.1) is 0 Å². The van der Waals surface area contributed by atoms with Crippen molar-refractivity contribution in [1.29, 1.82) is 0 Å². The summed E-state index contributed by atoms with van der Waals surface area (Å²) in [5, 5.41) is 0. The second-order valence-electron chi connectivity index (χ2n) is 7.54. The summed E-state index contributed by atoms with van der Waals surface area (Å²) in [6.07, 6.45) is 5.60. The number of sulfone groups is 1. The van der Waals surface area contributed by atoms with Gasteiger partial charge in [0.15, 0.2) is 14.6 Å². The summed E-state index contributed by atoms with van der Waals surface area (Å²) in [6.45, 7) is 0.977. The number of nitrogens with zero attached hydrogens (tertiary/aromatic N) is 2. The number of rotatable bonds is 5. The summed E-state index contributed by atoms with van der Waals surface area (Å²) >= 11 is 1.31. The van der Waals surface area contributed by atoms with Gasteiger partial charge in [-0.1, -0.05) is 17.4 Å². The third kappa shape index (κ3) is 4.26. The fraction of sp³-hybridized carbons (Fsp3) is 0.364. The minimum Gasteiger partial charge on any atom is -0.383 e. The minimum absolute atomic E-state index is 0.253. The maximum absolute atomic E-state index is 12.9. The van der Waals surface area contributed by atoms with E-state index >= 15 is 0 Å². The van der Waals surface area contributed by atoms with Crippen LogP contribution in [0.15, 0.2) is 46.3 Å². The van der Waals surface area contributed by atoms with E-state index in [9.17, 15) is 13.2 Å². The number of methoxy groups -OCH3 is 1. The molecule has 1 heterocycles. The Morgan fingerprint density at radius 1 is 1.13 bits per heavy atom. The second kappa shape index (κ2) is 8.45. The van der Waals surface area contributed by atoms with Gasteiger partial charge in [-0.25, -0.2) is 8.42 Å². The molecule has 1 aromatic heterocycles. The first kappa shape index (κ1) is 21.0. The highest BCUT2D eigenvalue weighted by Crippen LogP contribution is 2.24. The molecule has 6 nitrogen and oxygen atoms in total. The van der Waals surface area contributed by atoms with Gasteiger partial charge in [0, 0.05) is 25.5 Å². The number of carbonyl (C=O) groups is 1. The molecule has 0 N–H and O–H groups in total. The summed E-state index contributed by atoms with van der Waals surface area (Å²) in [4.78, 5) is 18.1. The number of amides is 1. The SMILES string of the molecule is COCCn1c(=NC(=O)c2ccc3c(c2)CCCC3)sc2cc(S(C)(=O)=O)ccc21. The monoisotopic (exact) mass is 444 g/mol. The highest BCUT2D eigenvalue weighted by Gasteiger charge is 2.15. The number of fused-ring (bicyclic) bond motifs is 2. The first-order valence-corrected chi connectivity index (χ1v) is 12.6. The Kier molecular flexibility index (Phi) is 5.90. The van der Waals surface area contributed by atoms with Gasteiger partial charge in [-0.3, -0.25) is 4.79 Å². The molecule has 0 aliphatic heterocycles. The number of carbonyl (C=O) groups excluding carboxylic acids is 1. The van der Waals surface area contributed by atoms with Gasteiger partial charge in [-0.15, -0.1) is 0 Å². The molecule has 0 fully saturated rings. The molecule has 0 atom stereocenters. The zero-order valence-corrected chi connectivity index (χ0v) is 18.7. The van der Waals surface area contributed by atoms with E-state index in [1.54, 1.807) is 25.3 Å². The second-order valence-corrected chi connectivity index (χ2v) is 10.6. The number of aromatic nitrogens is 1. The van der Waals surface area contributed by atoms with Crippen LogP contribution in [0.1, 0.15) is 34.3 Å². The van der Waals surface area contributed by atoms with Crippen molar-refractivity contribution in [3.8, 4) is 0 Å². The van der Waals surface area contributed by atoms with Crippen molar-refractivity contribution in [3.05, 3.63) is 57.9 Å². The predicted octanol–water partition coefficient (Wildman–Crippen LogP) is 3.37. The van der Waals surface area contributed by atoms with Gasteiger partial charge >= 0.3 is 0 Å². The zero-order chi connectivity index (χ0) is 21.3. The van der Waals surface area contributed by atoms with Crippen LogP contribution in [0.25, 0.3) is 10.2 Å². The van der Waals surface area contributed by atoms with Crippen LogP contribution in [0.3, 0.4) is 0 Å². The van der Waals surface area contributed by atoms with E-state index in [-0.39, 0.29) is 10.8 Å². The molecular formula is C22H24N2O4S2. The van der Waals surface area contributed by atoms with Gasteiger partial charge in [0.2, 0.25) is 0 Å². The third-order valence-corrected chi connectivity index (χ3v) is 7.55. The lowest BCUT2D eigenvalue weighted by atomic mass is 9.90. The molecule has 1 amide bonds. The van der Waals surface area contributed by atoms with Crippen LogP contribution in [0.5, 0.6) is 0 Å². The normalized spacial score (nSPS) is 14.8. The molecule has 1 aliphatic carbocycles. The lowest BCUT2D eigenvalue weighted by Gasteiger charge is -2.15. The summed E-state index contributed by atoms with van der Waals surface area (Å²) in [6, 6.07) is 10.9. The highest BCUT2D eigenvalue weighted by molar-refractivity contribution is 7.90. The summed E-state index contributed by atoms with van der Waals surface area (Å²) in [5.41, 5.74) is 3.98. The third-order valence-electron chi connectivity index (χ3n) is 5.39. The van der Waals surface area contributed by atoms with Crippen LogP contribution >= 0.6 is 11.3 Å². The van der Waals surface area contributed by atoms with Crippen LogP contribution in [0.2, 0.25) is 0 Å². The number of hydrogen-bond donors (Lipinski definition) is 0. The number of hydrogen-bond acceptors (Lipinski definition) is 5. The van der Waals surface area contributed by atoms with Crippen molar-refractivity contribution in [2.75, 3.05) is 20.0 Å². The fourth-order valence-corrected chi connectivity index (χ4v) is 5.60. The first-order valence-electron chi connectivity index (χ1n) is 9.90. The topological polar surface area (TPSA) is 77.7 Å². The molecule has 8 heteroatoms. The van der Waals surface area contributed by atoms with Gasteiger partial charge in [0.05, 0.1) is 21.7 Å². The Morgan fingerprint density at radius 3 is 2.63 bits per heavy atom. The van der Waals surface area contributed by atoms with Gasteiger partial charge in [0.25, 0.3) is 5.91 Å². The van der Waals surface area contributed by atoms with E-state index in [0.29, 0.717) is 23.5 Å². The van der Waals surface area contributed by atoms with Crippen molar-refractivity contribution in [3.63, 3.8) is 0 Å². The summed E-state index contributed by atoms with van der Waals surface area (Å²) in [5.74, 6) is -0.288. The Balaban J connectivity index is 1.79. The van der Waals surface area contributed by atoms with Gasteiger partial charge in [-0.2, -0.15) is 4.99 Å². The van der Waals surface area contributed by atoms with Gasteiger partial charge in [0.1, 0.15) is 0 Å². The van der Waals surface area contributed by atoms with E-state index < -0.39 is 9.84 Å². The largest absolute Gasteiger partial charge is 0.383 e. The maximum Gasteiger partial charge on any atom is 0.279 e. The molecule has 0 spiro atoms. The standard InChI is InChI=1S/C22H24N2O4S2/c1-28-12-11-24-19-10-9-18(30(2,26)27)14-20(19)29-22(24)23-21(25)17-8-7-15-5-3-4-6-16(15)13-17/h7-10,13-14H,3-6,11-12H2,1-2H3. The van der Waals surface area contributed by atoms with E-state index in [0.717, 1.165) is 29.5 Å². The lowest BCUT2D eigenvalue weighted by Crippen LogP contribution is -2.19. The summed E-state index contributed by atoms with van der Waals surface area (Å²) < 4.78 is 31.7. The fourth-order valence-electron chi connectivity index (χ4n) is 3.79. The van der Waals surface area contributed by atoms with Gasteiger partial charge in [-0.05, 0) is 67.1 Å². The Labute approximate surface area is 179 Å². The average Bonchev–Trinajstić information content (AvgIpc) is 3.07. The molecule has 158 valence electrons. The van der Waals surface area contributed by atoms with E-state index in [4.69, 9.17) is 4.74 Å². The first-order chi connectivity index (χ1) is 14.4. The quantitative estimate of drug-likeness (QED) is 0.605. The van der Waals surface area contributed by atoms with Crippen LogP contribution in [-0.4, -0.2) is 38.9 Å². The van der Waals surface area contributed by atoms with Crippen LogP contribution in [-0.2, 0) is 34.0 Å². The van der Waals surface area contributed by atoms with Crippen LogP contribution < -0.4 is 4.80 Å². The predicted molar refractivity (Wildman–Crippen MR) is 118 cm³/mol. The van der Waals surface area contributed by atoms with E-state index in [1.807, 2.05) is 22.8 Å². The average molecular weight is 445 g/mol. The van der Waals surface area contributed by atoms with Crippen molar-refractivity contribution in [1.82, 2.24) is 4.57 Å². The molecule has 0 saturated heterocycles. The van der Waals surface area contributed by atoms with Crippen molar-refractivity contribution < 1.29 is 17.9 Å².